The molecular formula is C17H16FNO3S. The average Bonchev–Trinajstić information content (AvgIpc) is 2.53. The summed E-state index contributed by atoms with van der Waals surface area (Å²) in [5.74, 6) is -0.453. The van der Waals surface area contributed by atoms with Crippen molar-refractivity contribution in [2.45, 2.75) is 17.9 Å². The minimum Gasteiger partial charge on any atom is -0.298 e. The van der Waals surface area contributed by atoms with Crippen LogP contribution in [0, 0.1) is 12.7 Å². The molecule has 2 rings (SSSR count). The summed E-state index contributed by atoms with van der Waals surface area (Å²) in [4.78, 5) is 11.1. The third-order valence-corrected chi connectivity index (χ3v) is 4.77. The first kappa shape index (κ1) is 17.1. The number of hydrogen-bond donors (Lipinski definition) is 1. The summed E-state index contributed by atoms with van der Waals surface area (Å²) in [6.07, 6.45) is 0.478. The molecule has 1 atom stereocenters. The molecule has 0 unspecified atom stereocenters. The lowest BCUT2D eigenvalue weighted by atomic mass is 10.0. The summed E-state index contributed by atoms with van der Waals surface area (Å²) in [6, 6.07) is 10.6. The van der Waals surface area contributed by atoms with E-state index in [4.69, 9.17) is 0 Å². The molecule has 23 heavy (non-hydrogen) atoms. The van der Waals surface area contributed by atoms with Crippen molar-refractivity contribution in [2.75, 3.05) is 0 Å². The molecule has 0 fully saturated rings. The van der Waals surface area contributed by atoms with Gasteiger partial charge in [-0.15, -0.1) is 0 Å². The molecule has 0 aliphatic heterocycles. The number of rotatable bonds is 6. The first-order chi connectivity index (χ1) is 10.8. The zero-order valence-corrected chi connectivity index (χ0v) is 13.3. The predicted molar refractivity (Wildman–Crippen MR) is 85.8 cm³/mol. The Bertz CT molecular complexity index is 812. The lowest BCUT2D eigenvalue weighted by Crippen LogP contribution is -2.30. The number of sulfonamides is 1. The molecule has 6 heteroatoms. The van der Waals surface area contributed by atoms with E-state index in [9.17, 15) is 17.6 Å². The standard InChI is InChI=1S/C17H16FNO3S/c1-12-3-9-16(10-4-12)23(21,22)19-17(13(2)11-20)14-5-7-15(18)8-6-14/h3-11,17,19H,2H2,1H3/t17-/m1/s1. The van der Waals surface area contributed by atoms with E-state index in [0.717, 1.165) is 5.56 Å². The van der Waals surface area contributed by atoms with Gasteiger partial charge in [-0.2, -0.15) is 4.72 Å². The molecular weight excluding hydrogens is 317 g/mol. The molecule has 2 aromatic rings. The molecule has 0 saturated heterocycles. The van der Waals surface area contributed by atoms with E-state index >= 15 is 0 Å². The Kier molecular flexibility index (Phi) is 5.08. The van der Waals surface area contributed by atoms with E-state index in [1.165, 1.54) is 36.4 Å². The van der Waals surface area contributed by atoms with E-state index in [2.05, 4.69) is 11.3 Å². The van der Waals surface area contributed by atoms with E-state index in [-0.39, 0.29) is 10.5 Å². The minimum absolute atomic E-state index is 0.0345. The molecule has 0 aliphatic carbocycles. The Balaban J connectivity index is 2.37. The van der Waals surface area contributed by atoms with Crippen LogP contribution in [-0.4, -0.2) is 14.7 Å². The summed E-state index contributed by atoms with van der Waals surface area (Å²) in [5, 5.41) is 0. The fourth-order valence-corrected chi connectivity index (χ4v) is 3.25. The van der Waals surface area contributed by atoms with Gasteiger partial charge in [-0.3, -0.25) is 4.79 Å². The monoisotopic (exact) mass is 333 g/mol. The number of benzene rings is 2. The second kappa shape index (κ2) is 6.85. The molecule has 0 amide bonds. The van der Waals surface area contributed by atoms with Crippen LogP contribution in [0.3, 0.4) is 0 Å². The van der Waals surface area contributed by atoms with E-state index < -0.39 is 21.9 Å². The maximum absolute atomic E-state index is 13.0. The largest absolute Gasteiger partial charge is 0.298 e. The number of hydrogen-bond acceptors (Lipinski definition) is 3. The number of carbonyl (C=O) groups is 1. The number of nitrogens with one attached hydrogen (secondary N) is 1. The number of aryl methyl sites for hydroxylation is 1. The third kappa shape index (κ3) is 4.12. The van der Waals surface area contributed by atoms with Gasteiger partial charge in [-0.25, -0.2) is 12.8 Å². The summed E-state index contributed by atoms with van der Waals surface area (Å²) in [6.45, 7) is 5.42. The van der Waals surface area contributed by atoms with Crippen molar-refractivity contribution in [2.24, 2.45) is 0 Å². The number of carbonyl (C=O) groups excluding carboxylic acids is 1. The van der Waals surface area contributed by atoms with Crippen LogP contribution in [-0.2, 0) is 14.8 Å². The van der Waals surface area contributed by atoms with Crippen molar-refractivity contribution in [3.05, 3.63) is 77.6 Å². The van der Waals surface area contributed by atoms with E-state index in [1.807, 2.05) is 6.92 Å². The second-order valence-corrected chi connectivity index (χ2v) is 6.83. The molecule has 120 valence electrons. The molecule has 0 spiro atoms. The highest BCUT2D eigenvalue weighted by Crippen LogP contribution is 2.23. The van der Waals surface area contributed by atoms with Crippen molar-refractivity contribution in [3.63, 3.8) is 0 Å². The SMILES string of the molecule is C=C(C=O)[C@@H](NS(=O)(=O)c1ccc(C)cc1)c1ccc(F)cc1. The summed E-state index contributed by atoms with van der Waals surface area (Å²) < 4.78 is 40.4. The normalized spacial score (nSPS) is 12.6. The second-order valence-electron chi connectivity index (χ2n) is 5.11. The van der Waals surface area contributed by atoms with Gasteiger partial charge in [0.15, 0.2) is 0 Å². The first-order valence-corrected chi connectivity index (χ1v) is 8.30. The number of aldehydes is 1. The quantitative estimate of drug-likeness (QED) is 0.653. The molecule has 2 aromatic carbocycles. The minimum atomic E-state index is -3.85. The molecule has 0 aromatic heterocycles. The highest BCUT2D eigenvalue weighted by molar-refractivity contribution is 7.89. The predicted octanol–water partition coefficient (Wildman–Crippen LogP) is 2.91. The van der Waals surface area contributed by atoms with Crippen LogP contribution >= 0.6 is 0 Å². The van der Waals surface area contributed by atoms with E-state index in [1.54, 1.807) is 12.1 Å². The summed E-state index contributed by atoms with van der Waals surface area (Å²) >= 11 is 0. The first-order valence-electron chi connectivity index (χ1n) is 6.82. The third-order valence-electron chi connectivity index (χ3n) is 3.33. The lowest BCUT2D eigenvalue weighted by Gasteiger charge is -2.19. The molecule has 0 bridgehead atoms. The van der Waals surface area contributed by atoms with Crippen LogP contribution in [0.4, 0.5) is 4.39 Å². The van der Waals surface area contributed by atoms with Crippen molar-refractivity contribution >= 4 is 16.3 Å². The Morgan fingerprint density at radius 2 is 1.70 bits per heavy atom. The van der Waals surface area contributed by atoms with Crippen LogP contribution in [0.1, 0.15) is 17.2 Å². The Morgan fingerprint density at radius 3 is 2.22 bits per heavy atom. The Morgan fingerprint density at radius 1 is 1.13 bits per heavy atom. The van der Waals surface area contributed by atoms with Crippen molar-refractivity contribution in [1.29, 1.82) is 0 Å². The molecule has 4 nitrogen and oxygen atoms in total. The summed E-state index contributed by atoms with van der Waals surface area (Å²) in [5.41, 5.74) is 1.39. The highest BCUT2D eigenvalue weighted by atomic mass is 32.2. The van der Waals surface area contributed by atoms with Gasteiger partial charge in [0.05, 0.1) is 10.9 Å². The average molecular weight is 333 g/mol. The van der Waals surface area contributed by atoms with Crippen LogP contribution in [0.15, 0.2) is 65.6 Å². The Labute approximate surface area is 134 Å². The van der Waals surface area contributed by atoms with Gasteiger partial charge in [0.2, 0.25) is 10.0 Å². The molecule has 0 radical (unpaired) electrons. The van der Waals surface area contributed by atoms with Gasteiger partial charge in [0.1, 0.15) is 12.1 Å². The lowest BCUT2D eigenvalue weighted by molar-refractivity contribution is -0.105. The van der Waals surface area contributed by atoms with Crippen molar-refractivity contribution in [1.82, 2.24) is 4.72 Å². The van der Waals surface area contributed by atoms with Gasteiger partial charge in [-0.1, -0.05) is 36.4 Å². The van der Waals surface area contributed by atoms with Crippen LogP contribution in [0.25, 0.3) is 0 Å². The molecule has 0 saturated carbocycles. The van der Waals surface area contributed by atoms with Crippen LogP contribution < -0.4 is 4.72 Å². The summed E-state index contributed by atoms with van der Waals surface area (Å²) in [7, 11) is -3.85. The Hall–Kier alpha value is -2.31. The van der Waals surface area contributed by atoms with Crippen LogP contribution in [0.5, 0.6) is 0 Å². The fourth-order valence-electron chi connectivity index (χ4n) is 2.02. The van der Waals surface area contributed by atoms with Gasteiger partial charge < -0.3 is 0 Å². The number of halogens is 1. The van der Waals surface area contributed by atoms with E-state index in [0.29, 0.717) is 11.8 Å². The molecule has 0 heterocycles. The van der Waals surface area contributed by atoms with Crippen molar-refractivity contribution < 1.29 is 17.6 Å². The smallest absolute Gasteiger partial charge is 0.241 e. The van der Waals surface area contributed by atoms with Gasteiger partial charge in [0, 0.05) is 5.57 Å². The van der Waals surface area contributed by atoms with Crippen LogP contribution in [0.2, 0.25) is 0 Å². The molecule has 1 N–H and O–H groups in total. The van der Waals surface area contributed by atoms with Gasteiger partial charge in [-0.05, 0) is 36.8 Å². The maximum Gasteiger partial charge on any atom is 0.241 e. The highest BCUT2D eigenvalue weighted by Gasteiger charge is 2.23. The zero-order valence-electron chi connectivity index (χ0n) is 12.5. The maximum atomic E-state index is 13.0. The topological polar surface area (TPSA) is 63.2 Å². The van der Waals surface area contributed by atoms with Gasteiger partial charge >= 0.3 is 0 Å². The zero-order chi connectivity index (χ0) is 17.0. The van der Waals surface area contributed by atoms with Gasteiger partial charge in [0.25, 0.3) is 0 Å². The molecule has 0 aliphatic rings. The van der Waals surface area contributed by atoms with Crippen molar-refractivity contribution in [3.8, 4) is 0 Å². The fraction of sp³-hybridized carbons (Fsp3) is 0.118.